The second kappa shape index (κ2) is 14.4. The lowest BCUT2D eigenvalue weighted by Gasteiger charge is -2.26. The first kappa shape index (κ1) is 34.4. The van der Waals surface area contributed by atoms with Crippen molar-refractivity contribution in [2.45, 2.75) is 65.1 Å². The number of fused-ring (bicyclic) bond motifs is 2. The predicted octanol–water partition coefficient (Wildman–Crippen LogP) is -2.77. The van der Waals surface area contributed by atoms with Crippen LogP contribution in [-0.4, -0.2) is 111 Å². The molecule has 0 radical (unpaired) electrons. The van der Waals surface area contributed by atoms with Crippen LogP contribution in [0.25, 0.3) is 22.6 Å². The van der Waals surface area contributed by atoms with Crippen molar-refractivity contribution in [3.05, 3.63) is 44.1 Å². The van der Waals surface area contributed by atoms with E-state index < -0.39 is 59.6 Å². The van der Waals surface area contributed by atoms with Crippen molar-refractivity contribution in [2.75, 3.05) is 19.8 Å². The third kappa shape index (κ3) is 8.37. The molecule has 9 N–H and O–H groups in total. The van der Waals surface area contributed by atoms with Gasteiger partial charge in [0, 0.05) is 12.0 Å². The lowest BCUT2D eigenvalue weighted by molar-refractivity contribution is -0.138. The predicted molar refractivity (Wildman–Crippen MR) is 148 cm³/mol. The lowest BCUT2D eigenvalue weighted by Crippen LogP contribution is -2.45. The fraction of sp³-hybridized carbons (Fsp3) is 0.538. The molecule has 0 fully saturated rings. The molecule has 0 spiro atoms. The first-order chi connectivity index (χ1) is 19.5. The Kier molecular flexibility index (Phi) is 11.8. The number of nitrogens with zero attached hydrogens (tertiary/aromatic N) is 3. The Morgan fingerprint density at radius 1 is 1.02 bits per heavy atom. The first-order valence-corrected chi connectivity index (χ1v) is 12.9. The number of aliphatic carboxylic acids is 1. The highest BCUT2D eigenvalue weighted by molar-refractivity contribution is 5.82. The minimum Gasteiger partial charge on any atom is -0.481 e. The number of carboxylic acid groups (broad SMARTS) is 1. The molecule has 2 heterocycles. The molecule has 2 aliphatic rings. The number of amides is 1. The largest absolute Gasteiger partial charge is 0.481 e. The number of carbonyl (C=O) groups is 2. The zero-order valence-corrected chi connectivity index (χ0v) is 23.6. The van der Waals surface area contributed by atoms with Crippen LogP contribution in [0.2, 0.25) is 0 Å². The molecule has 0 unspecified atom stereocenters. The second-order valence-corrected chi connectivity index (χ2v) is 10.5. The number of aliphatic hydroxyl groups is 6. The summed E-state index contributed by atoms with van der Waals surface area (Å²) in [6, 6.07) is 3.53. The van der Waals surface area contributed by atoms with Gasteiger partial charge in [-0.2, -0.15) is 4.98 Å². The van der Waals surface area contributed by atoms with Crippen LogP contribution in [0.15, 0.2) is 21.7 Å². The summed E-state index contributed by atoms with van der Waals surface area (Å²) in [4.78, 5) is 55.4. The van der Waals surface area contributed by atoms with Crippen molar-refractivity contribution < 1.29 is 45.3 Å². The molecule has 16 heteroatoms. The number of aryl methyl sites for hydroxylation is 2. The van der Waals surface area contributed by atoms with Gasteiger partial charge in [-0.1, -0.05) is 13.8 Å². The second-order valence-electron chi connectivity index (χ2n) is 10.5. The van der Waals surface area contributed by atoms with Crippen LogP contribution in [0.3, 0.4) is 0 Å². The van der Waals surface area contributed by atoms with Crippen LogP contribution < -0.4 is 16.6 Å². The summed E-state index contributed by atoms with van der Waals surface area (Å²) in [5.41, 5.74) is 0.175. The molecule has 4 atom stereocenters. The average Bonchev–Trinajstić information content (AvgIpc) is 2.93. The molecule has 232 valence electrons. The van der Waals surface area contributed by atoms with Crippen molar-refractivity contribution in [3.63, 3.8) is 0 Å². The van der Waals surface area contributed by atoms with E-state index in [0.717, 1.165) is 11.1 Å². The van der Waals surface area contributed by atoms with Crippen LogP contribution in [-0.2, 0) is 16.1 Å². The van der Waals surface area contributed by atoms with Crippen molar-refractivity contribution in [1.82, 2.24) is 24.8 Å². The molecule has 16 nitrogen and oxygen atoms in total. The van der Waals surface area contributed by atoms with Gasteiger partial charge in [0.1, 0.15) is 24.4 Å². The highest BCUT2D eigenvalue weighted by Gasteiger charge is 2.32. The normalized spacial score (nSPS) is 14.5. The minimum absolute atomic E-state index is 0.0350. The van der Waals surface area contributed by atoms with Gasteiger partial charge in [-0.3, -0.25) is 19.4 Å². The molecule has 42 heavy (non-hydrogen) atoms. The summed E-state index contributed by atoms with van der Waals surface area (Å²) < 4.78 is 1.40. The maximum atomic E-state index is 12.2. The molecule has 0 aromatic heterocycles. The van der Waals surface area contributed by atoms with E-state index in [-0.39, 0.29) is 37.6 Å². The molecule has 3 rings (SSSR count). The van der Waals surface area contributed by atoms with Gasteiger partial charge in [0.15, 0.2) is 11.5 Å². The number of carbonyl (C=O) groups excluding carboxylic acids is 1. The number of H-pyrrole nitrogens is 1. The van der Waals surface area contributed by atoms with E-state index in [1.807, 2.05) is 13.8 Å². The maximum Gasteiger partial charge on any atom is 0.349 e. The molecule has 1 aromatic rings. The number of benzene rings is 1. The van der Waals surface area contributed by atoms with Gasteiger partial charge in [-0.05, 0) is 37.1 Å². The number of aliphatic hydroxyl groups excluding tert-OH is 6. The molecule has 1 amide bonds. The number of nitrogens with one attached hydrogen (secondary N) is 2. The molecule has 0 saturated carbocycles. The van der Waals surface area contributed by atoms with E-state index >= 15 is 0 Å². The molecule has 0 bridgehead atoms. The Balaban J connectivity index is 0.000000351. The highest BCUT2D eigenvalue weighted by atomic mass is 16.4. The van der Waals surface area contributed by atoms with Crippen LogP contribution >= 0.6 is 0 Å². The number of aromatic amines is 1. The highest BCUT2D eigenvalue weighted by Crippen LogP contribution is 2.24. The van der Waals surface area contributed by atoms with Crippen LogP contribution in [0.1, 0.15) is 31.4 Å². The van der Waals surface area contributed by atoms with E-state index in [1.165, 1.54) is 18.4 Å². The van der Waals surface area contributed by atoms with Crippen LogP contribution in [0.5, 0.6) is 0 Å². The van der Waals surface area contributed by atoms with E-state index in [2.05, 4.69) is 20.3 Å². The first-order valence-electron chi connectivity index (χ1n) is 12.9. The topological polar surface area (TPSA) is 268 Å². The van der Waals surface area contributed by atoms with Gasteiger partial charge in [-0.25, -0.2) is 9.78 Å². The molecular formula is C26H37N5O11. The molecule has 0 aliphatic carbocycles. The van der Waals surface area contributed by atoms with Crippen molar-refractivity contribution in [3.8, 4) is 11.5 Å². The Bertz CT molecular complexity index is 1490. The number of aromatic nitrogens is 4. The van der Waals surface area contributed by atoms with E-state index in [1.54, 1.807) is 12.1 Å². The molecular weight excluding hydrogens is 558 g/mol. The summed E-state index contributed by atoms with van der Waals surface area (Å²) in [7, 11) is 0. The number of carboxylic acids is 1. The fourth-order valence-corrected chi connectivity index (χ4v) is 3.72. The van der Waals surface area contributed by atoms with Gasteiger partial charge in [0.25, 0.3) is 5.56 Å². The monoisotopic (exact) mass is 595 g/mol. The summed E-state index contributed by atoms with van der Waals surface area (Å²) in [6.07, 6.45) is -6.23. The number of hydrogen-bond acceptors (Lipinski definition) is 12. The van der Waals surface area contributed by atoms with E-state index in [4.69, 9.17) is 15.3 Å². The molecule has 0 saturated heterocycles. The van der Waals surface area contributed by atoms with Crippen LogP contribution in [0, 0.1) is 19.3 Å². The van der Waals surface area contributed by atoms with Crippen molar-refractivity contribution in [1.29, 1.82) is 0 Å². The Morgan fingerprint density at radius 3 is 2.21 bits per heavy atom. The zero-order chi connectivity index (χ0) is 31.9. The van der Waals surface area contributed by atoms with Gasteiger partial charge >= 0.3 is 11.7 Å². The van der Waals surface area contributed by atoms with Gasteiger partial charge < -0.3 is 45.6 Å². The summed E-state index contributed by atoms with van der Waals surface area (Å²) >= 11 is 0. The number of hydrogen-bond donors (Lipinski definition) is 9. The lowest BCUT2D eigenvalue weighted by atomic mass is 9.87. The fourth-order valence-electron chi connectivity index (χ4n) is 3.72. The summed E-state index contributed by atoms with van der Waals surface area (Å²) in [5, 5.41) is 67.8. The molecule has 2 aliphatic heterocycles. The Hall–Kier alpha value is -3.80. The van der Waals surface area contributed by atoms with Crippen LogP contribution in [0.4, 0.5) is 0 Å². The van der Waals surface area contributed by atoms with E-state index in [0.29, 0.717) is 11.0 Å². The third-order valence-electron chi connectivity index (χ3n) is 6.60. The smallest absolute Gasteiger partial charge is 0.349 e. The van der Waals surface area contributed by atoms with E-state index in [9.17, 15) is 39.6 Å². The Labute approximate surface area is 239 Å². The van der Waals surface area contributed by atoms with Gasteiger partial charge in [0.05, 0.1) is 37.2 Å². The van der Waals surface area contributed by atoms with Crippen molar-refractivity contribution in [2.24, 2.45) is 5.41 Å². The van der Waals surface area contributed by atoms with Crippen molar-refractivity contribution >= 4 is 22.9 Å². The standard InChI is InChI=1S/C17H20N4O6.C9H17NO5/c1-7-3-9-10(4-8(7)2)21(5-11(23)14(25)12(24)6-22)15-13(18-9)16(26)20-17(27)19-15;1-9(2,5-11)7(14)8(15)10-4-3-6(12)13/h3-4,11-12,14,22-25H,5-6H2,1-2H3,(H,20,26,27);7,11,14H,3-5H2,1-2H3,(H,10,15)(H,12,13)/t11-,12+,14-;7-/m00/s1. The summed E-state index contributed by atoms with van der Waals surface area (Å²) in [5.74, 6) is -1.74. The quantitative estimate of drug-likeness (QED) is 0.102. The maximum absolute atomic E-state index is 12.2. The van der Waals surface area contributed by atoms with Gasteiger partial charge in [-0.15, -0.1) is 0 Å². The number of rotatable bonds is 11. The Morgan fingerprint density at radius 2 is 1.64 bits per heavy atom. The minimum atomic E-state index is -1.64. The summed E-state index contributed by atoms with van der Waals surface area (Å²) in [6.45, 7) is 5.43. The van der Waals surface area contributed by atoms with Gasteiger partial charge in [0.2, 0.25) is 5.91 Å². The third-order valence-corrected chi connectivity index (χ3v) is 6.60. The average molecular weight is 596 g/mol. The molecule has 1 aromatic carbocycles. The SMILES string of the molecule is CC(C)(CO)[C@@H](O)C(=O)NCCC(=O)O.Cc1cc2nc3c(=O)[nH]c(=O)nc-3n(C[C@H](O)[C@H](O)[C@H](O)CO)c2cc1C. The zero-order valence-electron chi connectivity index (χ0n) is 23.6.